The van der Waals surface area contributed by atoms with E-state index in [0.717, 1.165) is 0 Å². The average molecular weight is 372 g/mol. The molecule has 0 aromatic heterocycles. The van der Waals surface area contributed by atoms with Crippen LogP contribution < -0.4 is 5.73 Å². The monoisotopic (exact) mass is 371 g/mol. The van der Waals surface area contributed by atoms with Crippen LogP contribution in [0.4, 0.5) is 0 Å². The first-order chi connectivity index (χ1) is 11.1. The lowest BCUT2D eigenvalue weighted by Gasteiger charge is -2.38. The molecule has 1 heterocycles. The Labute approximate surface area is 152 Å². The van der Waals surface area contributed by atoms with Crippen LogP contribution in [0.15, 0.2) is 18.2 Å². The number of piperazine rings is 1. The molecule has 5 nitrogen and oxygen atoms in total. The van der Waals surface area contributed by atoms with Crippen molar-refractivity contribution in [3.05, 3.63) is 33.8 Å². The quantitative estimate of drug-likeness (QED) is 0.868. The standard InChI is InChI=1S/C17H23Cl2N3O2/c1-17(2,3)14(20)16(24)22-9-7-21(8-10-22)15(23)11-5-4-6-12(18)13(11)19/h4-6,14H,7-10,20H2,1-3H3/t14-/m1/s1. The van der Waals surface area contributed by atoms with Gasteiger partial charge in [0, 0.05) is 26.2 Å². The molecule has 0 aliphatic carbocycles. The van der Waals surface area contributed by atoms with Gasteiger partial charge in [-0.15, -0.1) is 0 Å². The lowest BCUT2D eigenvalue weighted by atomic mass is 9.86. The lowest BCUT2D eigenvalue weighted by molar-refractivity contribution is -0.136. The first kappa shape index (κ1) is 19.0. The fourth-order valence-corrected chi connectivity index (χ4v) is 2.92. The van der Waals surface area contributed by atoms with E-state index in [0.29, 0.717) is 36.8 Å². The van der Waals surface area contributed by atoms with Crippen LogP contribution in [0, 0.1) is 5.41 Å². The van der Waals surface area contributed by atoms with E-state index in [1.54, 1.807) is 28.0 Å². The summed E-state index contributed by atoms with van der Waals surface area (Å²) in [5.41, 5.74) is 6.13. The van der Waals surface area contributed by atoms with Crippen LogP contribution in [0.3, 0.4) is 0 Å². The molecule has 1 aromatic carbocycles. The minimum absolute atomic E-state index is 0.0737. The highest BCUT2D eigenvalue weighted by Gasteiger charge is 2.33. The van der Waals surface area contributed by atoms with Gasteiger partial charge in [-0.05, 0) is 17.5 Å². The van der Waals surface area contributed by atoms with Gasteiger partial charge in [0.2, 0.25) is 5.91 Å². The van der Waals surface area contributed by atoms with Crippen LogP contribution in [0.2, 0.25) is 10.0 Å². The molecule has 1 aromatic rings. The Hall–Kier alpha value is -1.30. The summed E-state index contributed by atoms with van der Waals surface area (Å²) in [6.45, 7) is 7.65. The molecule has 0 radical (unpaired) electrons. The van der Waals surface area contributed by atoms with Crippen molar-refractivity contribution in [2.24, 2.45) is 11.1 Å². The number of carbonyl (C=O) groups excluding carboxylic acids is 2. The maximum absolute atomic E-state index is 12.6. The highest BCUT2D eigenvalue weighted by molar-refractivity contribution is 6.43. The van der Waals surface area contributed by atoms with Gasteiger partial charge in [0.15, 0.2) is 0 Å². The zero-order valence-electron chi connectivity index (χ0n) is 14.2. The number of hydrogen-bond donors (Lipinski definition) is 1. The van der Waals surface area contributed by atoms with E-state index in [4.69, 9.17) is 28.9 Å². The smallest absolute Gasteiger partial charge is 0.255 e. The molecule has 0 spiro atoms. The molecule has 2 N–H and O–H groups in total. The van der Waals surface area contributed by atoms with Crippen molar-refractivity contribution in [1.29, 1.82) is 0 Å². The summed E-state index contributed by atoms with van der Waals surface area (Å²) < 4.78 is 0. The summed E-state index contributed by atoms with van der Waals surface area (Å²) in [5, 5.41) is 0.616. The van der Waals surface area contributed by atoms with Crippen LogP contribution >= 0.6 is 23.2 Å². The number of carbonyl (C=O) groups is 2. The van der Waals surface area contributed by atoms with Crippen molar-refractivity contribution < 1.29 is 9.59 Å². The molecule has 1 aliphatic rings. The third-order valence-electron chi connectivity index (χ3n) is 4.26. The van der Waals surface area contributed by atoms with Crippen LogP contribution in [-0.4, -0.2) is 53.8 Å². The Morgan fingerprint density at radius 3 is 2.17 bits per heavy atom. The number of nitrogens with two attached hydrogens (primary N) is 1. The molecule has 1 atom stereocenters. The Morgan fingerprint density at radius 1 is 1.08 bits per heavy atom. The Kier molecular flexibility index (Phi) is 5.78. The third kappa shape index (κ3) is 4.02. The van der Waals surface area contributed by atoms with Gasteiger partial charge in [-0.2, -0.15) is 0 Å². The van der Waals surface area contributed by atoms with Gasteiger partial charge in [0.1, 0.15) is 0 Å². The largest absolute Gasteiger partial charge is 0.338 e. The van der Waals surface area contributed by atoms with E-state index in [2.05, 4.69) is 0 Å². The topological polar surface area (TPSA) is 66.6 Å². The van der Waals surface area contributed by atoms with Crippen LogP contribution in [0.25, 0.3) is 0 Å². The van der Waals surface area contributed by atoms with Crippen molar-refractivity contribution >= 4 is 35.0 Å². The first-order valence-corrected chi connectivity index (χ1v) is 8.66. The molecule has 2 amide bonds. The Morgan fingerprint density at radius 2 is 1.62 bits per heavy atom. The third-order valence-corrected chi connectivity index (χ3v) is 5.08. The molecular formula is C17H23Cl2N3O2. The van der Waals surface area contributed by atoms with E-state index >= 15 is 0 Å². The molecule has 7 heteroatoms. The van der Waals surface area contributed by atoms with Crippen molar-refractivity contribution in [3.8, 4) is 0 Å². The first-order valence-electron chi connectivity index (χ1n) is 7.90. The normalized spacial score (nSPS) is 16.9. The number of benzene rings is 1. The van der Waals surface area contributed by atoms with Gasteiger partial charge < -0.3 is 15.5 Å². The maximum Gasteiger partial charge on any atom is 0.255 e. The van der Waals surface area contributed by atoms with Crippen LogP contribution in [-0.2, 0) is 4.79 Å². The van der Waals surface area contributed by atoms with Crippen molar-refractivity contribution in [3.63, 3.8) is 0 Å². The second-order valence-corrected chi connectivity index (χ2v) is 7.85. The molecule has 1 saturated heterocycles. The number of hydrogen-bond acceptors (Lipinski definition) is 3. The van der Waals surface area contributed by atoms with E-state index < -0.39 is 6.04 Å². The maximum atomic E-state index is 12.6. The van der Waals surface area contributed by atoms with Crippen molar-refractivity contribution in [2.45, 2.75) is 26.8 Å². The van der Waals surface area contributed by atoms with E-state index in [-0.39, 0.29) is 22.3 Å². The number of halogens is 2. The minimum Gasteiger partial charge on any atom is -0.338 e. The van der Waals surface area contributed by atoms with Gasteiger partial charge in [0.25, 0.3) is 5.91 Å². The van der Waals surface area contributed by atoms with E-state index in [1.165, 1.54) is 0 Å². The fourth-order valence-electron chi connectivity index (χ4n) is 2.54. The lowest BCUT2D eigenvalue weighted by Crippen LogP contribution is -2.57. The zero-order chi connectivity index (χ0) is 18.1. The highest BCUT2D eigenvalue weighted by atomic mass is 35.5. The number of rotatable bonds is 2. The molecule has 0 saturated carbocycles. The van der Waals surface area contributed by atoms with Gasteiger partial charge in [-0.1, -0.05) is 50.0 Å². The fraction of sp³-hybridized carbons (Fsp3) is 0.529. The molecule has 132 valence electrons. The second kappa shape index (κ2) is 7.30. The molecule has 0 unspecified atom stereocenters. The summed E-state index contributed by atoms with van der Waals surface area (Å²) in [7, 11) is 0. The summed E-state index contributed by atoms with van der Waals surface area (Å²) in [6, 6.07) is 4.44. The summed E-state index contributed by atoms with van der Waals surface area (Å²) in [5.74, 6) is -0.245. The molecule has 1 aliphatic heterocycles. The Bertz CT molecular complexity index is 635. The molecule has 1 fully saturated rings. The van der Waals surface area contributed by atoms with Gasteiger partial charge in [-0.25, -0.2) is 0 Å². The van der Waals surface area contributed by atoms with Crippen molar-refractivity contribution in [2.75, 3.05) is 26.2 Å². The van der Waals surface area contributed by atoms with Crippen LogP contribution in [0.5, 0.6) is 0 Å². The molecule has 24 heavy (non-hydrogen) atoms. The minimum atomic E-state index is -0.554. The zero-order valence-corrected chi connectivity index (χ0v) is 15.7. The average Bonchev–Trinajstić information content (AvgIpc) is 2.54. The highest BCUT2D eigenvalue weighted by Crippen LogP contribution is 2.27. The summed E-state index contributed by atoms with van der Waals surface area (Å²) >= 11 is 12.1. The van der Waals surface area contributed by atoms with Crippen LogP contribution in [0.1, 0.15) is 31.1 Å². The second-order valence-electron chi connectivity index (χ2n) is 7.06. The molecule has 0 bridgehead atoms. The molecule has 2 rings (SSSR count). The summed E-state index contributed by atoms with van der Waals surface area (Å²) in [6.07, 6.45) is 0. The van der Waals surface area contributed by atoms with Gasteiger partial charge in [0.05, 0.1) is 21.7 Å². The van der Waals surface area contributed by atoms with Crippen molar-refractivity contribution in [1.82, 2.24) is 9.80 Å². The van der Waals surface area contributed by atoms with Gasteiger partial charge >= 0.3 is 0 Å². The predicted octanol–water partition coefficient (Wildman–Crippen LogP) is 2.65. The van der Waals surface area contributed by atoms with Gasteiger partial charge in [-0.3, -0.25) is 9.59 Å². The Balaban J connectivity index is 2.01. The number of amides is 2. The van der Waals surface area contributed by atoms with E-state index in [9.17, 15) is 9.59 Å². The number of nitrogens with zero attached hydrogens (tertiary/aromatic N) is 2. The predicted molar refractivity (Wildman–Crippen MR) is 96.4 cm³/mol. The SMILES string of the molecule is CC(C)(C)[C@H](N)C(=O)N1CCN(C(=O)c2cccc(Cl)c2Cl)CC1. The molecular weight excluding hydrogens is 349 g/mol. The van der Waals surface area contributed by atoms with E-state index in [1.807, 2.05) is 20.8 Å². The summed E-state index contributed by atoms with van der Waals surface area (Å²) in [4.78, 5) is 28.5.